The van der Waals surface area contributed by atoms with Crippen LogP contribution in [0.5, 0.6) is 0 Å². The number of unbranched alkanes of at least 4 members (excludes halogenated alkanes) is 12. The molecular weight excluding hydrogens is 288 g/mol. The summed E-state index contributed by atoms with van der Waals surface area (Å²) >= 11 is 0. The van der Waals surface area contributed by atoms with Gasteiger partial charge in [-0.2, -0.15) is 0 Å². The zero-order valence-corrected chi connectivity index (χ0v) is 13.5. The van der Waals surface area contributed by atoms with Crippen molar-refractivity contribution in [1.82, 2.24) is 0 Å². The third kappa shape index (κ3) is 20.5. The molecule has 2 nitrogen and oxygen atoms in total. The average molecular weight is 319 g/mol. The SMILES string of the molecule is CCCCCCCCCCCCCCCC(=O)[O-].[Cu+]. The number of hydrogen-bond acceptors (Lipinski definition) is 2. The number of rotatable bonds is 14. The Hall–Kier alpha value is -0.0105. The maximum Gasteiger partial charge on any atom is 1.00 e. The van der Waals surface area contributed by atoms with Crippen molar-refractivity contribution in [3.8, 4) is 0 Å². The van der Waals surface area contributed by atoms with Gasteiger partial charge >= 0.3 is 17.1 Å². The van der Waals surface area contributed by atoms with Crippen LogP contribution in [-0.4, -0.2) is 5.97 Å². The predicted molar refractivity (Wildman–Crippen MR) is 75.3 cm³/mol. The van der Waals surface area contributed by atoms with E-state index in [1.165, 1.54) is 70.6 Å². The van der Waals surface area contributed by atoms with Crippen molar-refractivity contribution in [3.05, 3.63) is 0 Å². The van der Waals surface area contributed by atoms with E-state index < -0.39 is 5.97 Å². The predicted octanol–water partition coefficient (Wildman–Crippen LogP) is 4.22. The Bertz CT molecular complexity index is 184. The first-order valence-electron chi connectivity index (χ1n) is 7.97. The maximum absolute atomic E-state index is 10.2. The molecule has 0 rings (SSSR count). The largest absolute Gasteiger partial charge is 1.00 e. The Balaban J connectivity index is 0. The number of carboxylic acid groups (broad SMARTS) is 1. The van der Waals surface area contributed by atoms with E-state index in [0.717, 1.165) is 12.8 Å². The molecule has 0 fully saturated rings. The maximum atomic E-state index is 10.2. The van der Waals surface area contributed by atoms with Gasteiger partial charge in [0.15, 0.2) is 0 Å². The number of hydrogen-bond donors (Lipinski definition) is 0. The van der Waals surface area contributed by atoms with Crippen LogP contribution in [0, 0.1) is 0 Å². The second-order valence-corrected chi connectivity index (χ2v) is 5.36. The molecule has 0 atom stereocenters. The summed E-state index contributed by atoms with van der Waals surface area (Å²) in [5.41, 5.74) is 0. The van der Waals surface area contributed by atoms with Gasteiger partial charge < -0.3 is 9.90 Å². The molecule has 0 heterocycles. The van der Waals surface area contributed by atoms with Crippen molar-refractivity contribution in [1.29, 1.82) is 0 Å². The summed E-state index contributed by atoms with van der Waals surface area (Å²) in [7, 11) is 0. The van der Waals surface area contributed by atoms with Crippen LogP contribution < -0.4 is 5.11 Å². The van der Waals surface area contributed by atoms with Crippen molar-refractivity contribution in [3.63, 3.8) is 0 Å². The number of carbonyl (C=O) groups is 1. The molecule has 0 amide bonds. The van der Waals surface area contributed by atoms with E-state index in [4.69, 9.17) is 0 Å². The Morgan fingerprint density at radius 3 is 1.32 bits per heavy atom. The molecule has 0 unspecified atom stereocenters. The van der Waals surface area contributed by atoms with Gasteiger partial charge in [0.2, 0.25) is 0 Å². The van der Waals surface area contributed by atoms with Gasteiger partial charge in [-0.05, 0) is 12.8 Å². The summed E-state index contributed by atoms with van der Waals surface area (Å²) in [4.78, 5) is 10.2. The summed E-state index contributed by atoms with van der Waals surface area (Å²) < 4.78 is 0. The van der Waals surface area contributed by atoms with E-state index in [0.29, 0.717) is 0 Å². The van der Waals surface area contributed by atoms with E-state index in [9.17, 15) is 9.90 Å². The van der Waals surface area contributed by atoms with Gasteiger partial charge in [-0.25, -0.2) is 0 Å². The fourth-order valence-electron chi connectivity index (χ4n) is 2.29. The van der Waals surface area contributed by atoms with E-state index in [1.807, 2.05) is 0 Å². The molecule has 0 aromatic heterocycles. The summed E-state index contributed by atoms with van der Waals surface area (Å²) in [6.07, 6.45) is 16.9. The van der Waals surface area contributed by atoms with Crippen LogP contribution in [0.2, 0.25) is 0 Å². The van der Waals surface area contributed by atoms with Crippen LogP contribution in [0.15, 0.2) is 0 Å². The number of aliphatic carboxylic acids is 1. The molecule has 0 radical (unpaired) electrons. The van der Waals surface area contributed by atoms with Crippen molar-refractivity contribution in [2.45, 2.75) is 96.8 Å². The van der Waals surface area contributed by atoms with Crippen LogP contribution >= 0.6 is 0 Å². The number of carbonyl (C=O) groups excluding carboxylic acids is 1. The molecular formula is C16H31CuO2. The van der Waals surface area contributed by atoms with E-state index in [2.05, 4.69) is 6.92 Å². The molecule has 0 N–H and O–H groups in total. The summed E-state index contributed by atoms with van der Waals surface area (Å²) in [6.45, 7) is 2.26. The Morgan fingerprint density at radius 2 is 1.00 bits per heavy atom. The minimum Gasteiger partial charge on any atom is -0.550 e. The molecule has 0 aromatic rings. The van der Waals surface area contributed by atoms with Crippen LogP contribution in [0.4, 0.5) is 0 Å². The van der Waals surface area contributed by atoms with Gasteiger partial charge in [-0.15, -0.1) is 0 Å². The summed E-state index contributed by atoms with van der Waals surface area (Å²) in [6, 6.07) is 0. The monoisotopic (exact) mass is 318 g/mol. The molecule has 0 aliphatic rings. The fourth-order valence-corrected chi connectivity index (χ4v) is 2.29. The molecule has 0 aromatic carbocycles. The topological polar surface area (TPSA) is 40.1 Å². The van der Waals surface area contributed by atoms with Gasteiger partial charge in [-0.1, -0.05) is 84.0 Å². The Labute approximate surface area is 130 Å². The molecule has 0 spiro atoms. The Kier molecular flexibility index (Phi) is 20.2. The first-order chi connectivity index (χ1) is 8.77. The van der Waals surface area contributed by atoms with Gasteiger partial charge in [0, 0.05) is 5.97 Å². The number of carboxylic acids is 1. The van der Waals surface area contributed by atoms with Crippen molar-refractivity contribution in [2.75, 3.05) is 0 Å². The van der Waals surface area contributed by atoms with Gasteiger partial charge in [0.25, 0.3) is 0 Å². The van der Waals surface area contributed by atoms with Gasteiger partial charge in [0.05, 0.1) is 0 Å². The first kappa shape index (κ1) is 21.3. The zero-order valence-electron chi connectivity index (χ0n) is 12.5. The second kappa shape index (κ2) is 18.0. The Morgan fingerprint density at radius 1 is 0.684 bits per heavy atom. The van der Waals surface area contributed by atoms with E-state index in [1.54, 1.807) is 0 Å². The average Bonchev–Trinajstić information content (AvgIpc) is 2.34. The molecule has 3 heteroatoms. The van der Waals surface area contributed by atoms with E-state index >= 15 is 0 Å². The standard InChI is InChI=1S/C16H32O2.Cu/c1-2-3-4-5-6-7-8-9-10-11-12-13-14-15-16(17)18;/h2-15H2,1H3,(H,17,18);/q;+1/p-1. The summed E-state index contributed by atoms with van der Waals surface area (Å²) in [5.74, 6) is -0.905. The minimum absolute atomic E-state index is 0. The quantitative estimate of drug-likeness (QED) is 0.355. The normalized spacial score (nSPS) is 10.2. The first-order valence-corrected chi connectivity index (χ1v) is 7.97. The van der Waals surface area contributed by atoms with E-state index in [-0.39, 0.29) is 23.5 Å². The molecule has 0 saturated heterocycles. The molecule has 0 aliphatic heterocycles. The minimum atomic E-state index is -0.905. The second-order valence-electron chi connectivity index (χ2n) is 5.36. The third-order valence-corrected chi connectivity index (χ3v) is 3.48. The molecule has 19 heavy (non-hydrogen) atoms. The fraction of sp³-hybridized carbons (Fsp3) is 0.938. The molecule has 118 valence electrons. The van der Waals surface area contributed by atoms with Crippen LogP contribution in [0.1, 0.15) is 96.8 Å². The van der Waals surface area contributed by atoms with Gasteiger partial charge in [-0.3, -0.25) is 0 Å². The molecule has 0 saturated carbocycles. The van der Waals surface area contributed by atoms with Crippen molar-refractivity contribution >= 4 is 5.97 Å². The third-order valence-electron chi connectivity index (χ3n) is 3.48. The van der Waals surface area contributed by atoms with Crippen LogP contribution in [-0.2, 0) is 21.9 Å². The smallest absolute Gasteiger partial charge is 0.550 e. The summed E-state index contributed by atoms with van der Waals surface area (Å²) in [5, 5.41) is 10.2. The molecule has 0 aliphatic carbocycles. The van der Waals surface area contributed by atoms with Crippen LogP contribution in [0.25, 0.3) is 0 Å². The molecule has 0 bridgehead atoms. The van der Waals surface area contributed by atoms with Crippen molar-refractivity contribution < 1.29 is 27.0 Å². The van der Waals surface area contributed by atoms with Crippen LogP contribution in [0.3, 0.4) is 0 Å². The zero-order chi connectivity index (χ0) is 13.5. The van der Waals surface area contributed by atoms with Gasteiger partial charge in [0.1, 0.15) is 0 Å². The van der Waals surface area contributed by atoms with Crippen molar-refractivity contribution in [2.24, 2.45) is 0 Å².